The van der Waals surface area contributed by atoms with Crippen molar-refractivity contribution in [2.45, 2.75) is 32.2 Å². The summed E-state index contributed by atoms with van der Waals surface area (Å²) in [5.74, 6) is -0.103. The molecule has 5 nitrogen and oxygen atoms in total. The number of aliphatic carboxylic acids is 1. The van der Waals surface area contributed by atoms with E-state index in [4.69, 9.17) is 9.52 Å². The van der Waals surface area contributed by atoms with Gasteiger partial charge in [-0.2, -0.15) is 0 Å². The van der Waals surface area contributed by atoms with Gasteiger partial charge in [0.05, 0.1) is 6.42 Å². The molecular weight excluding hydrogens is 222 g/mol. The van der Waals surface area contributed by atoms with Crippen molar-refractivity contribution < 1.29 is 19.1 Å². The van der Waals surface area contributed by atoms with Gasteiger partial charge in [-0.3, -0.25) is 9.59 Å². The molecule has 1 atom stereocenters. The van der Waals surface area contributed by atoms with Crippen molar-refractivity contribution in [3.8, 4) is 0 Å². The van der Waals surface area contributed by atoms with Crippen LogP contribution in [-0.4, -0.2) is 34.5 Å². The van der Waals surface area contributed by atoms with E-state index in [2.05, 4.69) is 0 Å². The van der Waals surface area contributed by atoms with Crippen LogP contribution in [0.5, 0.6) is 0 Å². The van der Waals surface area contributed by atoms with Gasteiger partial charge < -0.3 is 14.4 Å². The number of carboxylic acids is 1. The normalized spacial score (nSPS) is 19.6. The topological polar surface area (TPSA) is 70.8 Å². The number of aryl methyl sites for hydroxylation is 1. The lowest BCUT2D eigenvalue weighted by Gasteiger charge is -2.22. The Bertz CT molecular complexity index is 437. The Morgan fingerprint density at radius 2 is 2.29 bits per heavy atom. The van der Waals surface area contributed by atoms with E-state index in [1.807, 2.05) is 0 Å². The van der Waals surface area contributed by atoms with Crippen molar-refractivity contribution in [3.63, 3.8) is 0 Å². The highest BCUT2D eigenvalue weighted by Crippen LogP contribution is 2.23. The monoisotopic (exact) mass is 237 g/mol. The second kappa shape index (κ2) is 4.61. The Labute approximate surface area is 99.0 Å². The maximum Gasteiger partial charge on any atom is 0.305 e. The second-order valence-electron chi connectivity index (χ2n) is 4.30. The van der Waals surface area contributed by atoms with Crippen LogP contribution in [-0.2, 0) is 4.79 Å². The number of rotatable bonds is 3. The molecule has 0 spiro atoms. The fraction of sp³-hybridized carbons (Fsp3) is 0.500. The van der Waals surface area contributed by atoms with Crippen molar-refractivity contribution in [2.75, 3.05) is 6.54 Å². The second-order valence-corrected chi connectivity index (χ2v) is 4.30. The fourth-order valence-electron chi connectivity index (χ4n) is 2.21. The Hall–Kier alpha value is -1.78. The third-order valence-electron chi connectivity index (χ3n) is 3.00. The van der Waals surface area contributed by atoms with E-state index in [0.29, 0.717) is 18.1 Å². The smallest absolute Gasteiger partial charge is 0.305 e. The molecule has 0 aliphatic carbocycles. The number of carbonyl (C=O) groups is 2. The first-order valence-electron chi connectivity index (χ1n) is 5.67. The maximum absolute atomic E-state index is 12.1. The van der Waals surface area contributed by atoms with Gasteiger partial charge in [-0.25, -0.2) is 0 Å². The van der Waals surface area contributed by atoms with Gasteiger partial charge in [0.15, 0.2) is 5.76 Å². The minimum absolute atomic E-state index is 0.00539. The number of amides is 1. The molecule has 1 amide bonds. The molecule has 0 saturated carbocycles. The number of carboxylic acid groups (broad SMARTS) is 1. The van der Waals surface area contributed by atoms with Crippen LogP contribution in [0.3, 0.4) is 0 Å². The van der Waals surface area contributed by atoms with Gasteiger partial charge in [0.2, 0.25) is 0 Å². The van der Waals surface area contributed by atoms with Gasteiger partial charge in [-0.15, -0.1) is 0 Å². The fourth-order valence-corrected chi connectivity index (χ4v) is 2.21. The largest absolute Gasteiger partial charge is 0.481 e. The van der Waals surface area contributed by atoms with Gasteiger partial charge >= 0.3 is 5.97 Å². The summed E-state index contributed by atoms with van der Waals surface area (Å²) >= 11 is 0. The number of likely N-dealkylation sites (tertiary alicyclic amines) is 1. The first-order chi connectivity index (χ1) is 8.08. The lowest BCUT2D eigenvalue weighted by molar-refractivity contribution is -0.137. The van der Waals surface area contributed by atoms with Gasteiger partial charge in [-0.1, -0.05) is 0 Å². The number of carbonyl (C=O) groups excluding carboxylic acids is 1. The molecule has 1 aliphatic rings. The lowest BCUT2D eigenvalue weighted by Crippen LogP contribution is -2.36. The van der Waals surface area contributed by atoms with Crippen LogP contribution < -0.4 is 0 Å². The zero-order valence-electron chi connectivity index (χ0n) is 9.68. The van der Waals surface area contributed by atoms with Crippen LogP contribution in [0.4, 0.5) is 0 Å². The molecule has 1 saturated heterocycles. The SMILES string of the molecule is Cc1ccc(C(=O)N2CCCC2CC(=O)O)o1. The summed E-state index contributed by atoms with van der Waals surface area (Å²) in [5.41, 5.74) is 0. The molecule has 1 aromatic heterocycles. The van der Waals surface area contributed by atoms with Crippen molar-refractivity contribution in [2.24, 2.45) is 0 Å². The molecule has 0 radical (unpaired) electrons. The first kappa shape index (κ1) is 11.7. The van der Waals surface area contributed by atoms with E-state index < -0.39 is 5.97 Å². The molecule has 0 aromatic carbocycles. The lowest BCUT2D eigenvalue weighted by atomic mass is 10.1. The average Bonchev–Trinajstić information content (AvgIpc) is 2.85. The molecule has 1 fully saturated rings. The van der Waals surface area contributed by atoms with Crippen LogP contribution >= 0.6 is 0 Å². The van der Waals surface area contributed by atoms with Crippen LogP contribution in [0.15, 0.2) is 16.5 Å². The zero-order valence-corrected chi connectivity index (χ0v) is 9.68. The summed E-state index contributed by atoms with van der Waals surface area (Å²) in [6.45, 7) is 2.38. The summed E-state index contributed by atoms with van der Waals surface area (Å²) in [5, 5.41) is 8.79. The van der Waals surface area contributed by atoms with E-state index in [1.54, 1.807) is 24.0 Å². The Morgan fingerprint density at radius 1 is 1.53 bits per heavy atom. The molecule has 2 rings (SSSR count). The predicted octanol–water partition coefficient (Wildman–Crippen LogP) is 1.67. The maximum atomic E-state index is 12.1. The highest BCUT2D eigenvalue weighted by atomic mass is 16.4. The van der Waals surface area contributed by atoms with Gasteiger partial charge in [-0.05, 0) is 31.9 Å². The van der Waals surface area contributed by atoms with Crippen LogP contribution in [0.1, 0.15) is 35.6 Å². The van der Waals surface area contributed by atoms with Crippen molar-refractivity contribution in [3.05, 3.63) is 23.7 Å². The van der Waals surface area contributed by atoms with E-state index in [9.17, 15) is 9.59 Å². The first-order valence-corrected chi connectivity index (χ1v) is 5.67. The summed E-state index contributed by atoms with van der Waals surface area (Å²) in [7, 11) is 0. The molecule has 1 N–H and O–H groups in total. The zero-order chi connectivity index (χ0) is 12.4. The molecule has 17 heavy (non-hydrogen) atoms. The van der Waals surface area contributed by atoms with Gasteiger partial charge in [0.1, 0.15) is 5.76 Å². The third kappa shape index (κ3) is 2.49. The van der Waals surface area contributed by atoms with E-state index in [1.165, 1.54) is 0 Å². The molecule has 1 unspecified atom stereocenters. The minimum atomic E-state index is -0.870. The van der Waals surface area contributed by atoms with Crippen LogP contribution in [0.2, 0.25) is 0 Å². The van der Waals surface area contributed by atoms with Crippen molar-refractivity contribution >= 4 is 11.9 Å². The third-order valence-corrected chi connectivity index (χ3v) is 3.00. The quantitative estimate of drug-likeness (QED) is 0.868. The summed E-state index contributed by atoms with van der Waals surface area (Å²) < 4.78 is 5.27. The minimum Gasteiger partial charge on any atom is -0.481 e. The molecule has 1 aliphatic heterocycles. The molecule has 1 aromatic rings. The summed E-state index contributed by atoms with van der Waals surface area (Å²) in [6, 6.07) is 3.16. The van der Waals surface area contributed by atoms with Gasteiger partial charge in [0, 0.05) is 12.6 Å². The summed E-state index contributed by atoms with van der Waals surface area (Å²) in [6.07, 6.45) is 1.60. The highest BCUT2D eigenvalue weighted by Gasteiger charge is 2.32. The summed E-state index contributed by atoms with van der Waals surface area (Å²) in [4.78, 5) is 24.4. The number of hydrogen-bond acceptors (Lipinski definition) is 3. The molecule has 2 heterocycles. The number of nitrogens with zero attached hydrogens (tertiary/aromatic N) is 1. The highest BCUT2D eigenvalue weighted by molar-refractivity contribution is 5.92. The van der Waals surface area contributed by atoms with E-state index >= 15 is 0 Å². The van der Waals surface area contributed by atoms with Crippen LogP contribution in [0.25, 0.3) is 0 Å². The van der Waals surface area contributed by atoms with Crippen LogP contribution in [0, 0.1) is 6.92 Å². The number of furan rings is 1. The van der Waals surface area contributed by atoms with Crippen molar-refractivity contribution in [1.82, 2.24) is 4.90 Å². The number of hydrogen-bond donors (Lipinski definition) is 1. The Morgan fingerprint density at radius 3 is 2.88 bits per heavy atom. The molecule has 0 bridgehead atoms. The molecular formula is C12H15NO4. The van der Waals surface area contributed by atoms with E-state index in [-0.39, 0.29) is 18.4 Å². The molecule has 92 valence electrons. The Balaban J connectivity index is 2.10. The standard InChI is InChI=1S/C12H15NO4/c1-8-4-5-10(17-8)12(16)13-6-2-3-9(13)7-11(14)15/h4-5,9H,2-3,6-7H2,1H3,(H,14,15). The Kier molecular flexibility index (Phi) is 3.17. The predicted molar refractivity (Wildman–Crippen MR) is 59.8 cm³/mol. The average molecular weight is 237 g/mol. The van der Waals surface area contributed by atoms with Crippen molar-refractivity contribution in [1.29, 1.82) is 0 Å². The van der Waals surface area contributed by atoms with E-state index in [0.717, 1.165) is 12.8 Å². The molecule has 5 heteroatoms. The van der Waals surface area contributed by atoms with Gasteiger partial charge in [0.25, 0.3) is 5.91 Å².